The monoisotopic (exact) mass is 128 g/mol. The van der Waals surface area contributed by atoms with Gasteiger partial charge in [-0.05, 0) is 6.08 Å². The predicted octanol–water partition coefficient (Wildman–Crippen LogP) is 0.628. The van der Waals surface area contributed by atoms with Crippen molar-refractivity contribution in [2.75, 3.05) is 0 Å². The number of allylic oxidation sites excluding steroid dienone is 1. The average molecular weight is 128 g/mol. The summed E-state index contributed by atoms with van der Waals surface area (Å²) in [7, 11) is 0. The Hall–Kier alpha value is -1.38. The molecule has 0 saturated carbocycles. The molecular formula is C6H8O3. The molecule has 0 heterocycles. The van der Waals surface area contributed by atoms with Crippen molar-refractivity contribution in [1.29, 1.82) is 0 Å². The van der Waals surface area contributed by atoms with Crippen LogP contribution in [0.5, 0.6) is 0 Å². The molecule has 0 aromatic carbocycles. The number of carbonyl (C=O) groups excluding carboxylic acids is 1. The SMILES string of the molecule is C=CC(=O)O.C=CC=O. The molecule has 0 spiro atoms. The van der Waals surface area contributed by atoms with Crippen molar-refractivity contribution < 1.29 is 14.7 Å². The van der Waals surface area contributed by atoms with Crippen LogP contribution in [0, 0.1) is 0 Å². The Kier molecular flexibility index (Phi) is 11.5. The maximum atomic E-state index is 9.25. The highest BCUT2D eigenvalue weighted by atomic mass is 16.4. The third-order valence-electron chi connectivity index (χ3n) is 0.271. The Morgan fingerprint density at radius 2 is 1.67 bits per heavy atom. The Morgan fingerprint density at radius 1 is 1.44 bits per heavy atom. The van der Waals surface area contributed by atoms with E-state index < -0.39 is 5.97 Å². The Morgan fingerprint density at radius 3 is 1.67 bits per heavy atom. The lowest BCUT2D eigenvalue weighted by molar-refractivity contribution is -0.131. The highest BCUT2D eigenvalue weighted by Gasteiger charge is 1.73. The van der Waals surface area contributed by atoms with Gasteiger partial charge in [0.05, 0.1) is 0 Å². The number of aliphatic carboxylic acids is 1. The van der Waals surface area contributed by atoms with Gasteiger partial charge in [0.25, 0.3) is 0 Å². The summed E-state index contributed by atoms with van der Waals surface area (Å²) in [6.45, 7) is 6.07. The van der Waals surface area contributed by atoms with E-state index in [1.165, 1.54) is 6.08 Å². The lowest BCUT2D eigenvalue weighted by atomic mass is 10.7. The van der Waals surface area contributed by atoms with Crippen LogP contribution in [-0.4, -0.2) is 17.4 Å². The molecule has 0 radical (unpaired) electrons. The van der Waals surface area contributed by atoms with Crippen LogP contribution in [-0.2, 0) is 9.59 Å². The zero-order valence-corrected chi connectivity index (χ0v) is 4.91. The summed E-state index contributed by atoms with van der Waals surface area (Å²) >= 11 is 0. The summed E-state index contributed by atoms with van der Waals surface area (Å²) in [5, 5.41) is 7.60. The van der Waals surface area contributed by atoms with E-state index in [0.29, 0.717) is 6.29 Å². The van der Waals surface area contributed by atoms with Crippen LogP contribution in [0.3, 0.4) is 0 Å². The van der Waals surface area contributed by atoms with Gasteiger partial charge in [0, 0.05) is 6.08 Å². The molecule has 0 aliphatic rings. The van der Waals surface area contributed by atoms with Gasteiger partial charge < -0.3 is 5.11 Å². The molecule has 0 aliphatic heterocycles. The number of hydrogen-bond acceptors (Lipinski definition) is 2. The number of hydrogen-bond donors (Lipinski definition) is 1. The minimum atomic E-state index is -0.981. The van der Waals surface area contributed by atoms with Crippen LogP contribution in [0.15, 0.2) is 25.3 Å². The molecule has 9 heavy (non-hydrogen) atoms. The summed E-state index contributed by atoms with van der Waals surface area (Å²) in [6.07, 6.45) is 2.67. The third-order valence-corrected chi connectivity index (χ3v) is 0.271. The topological polar surface area (TPSA) is 54.4 Å². The average Bonchev–Trinajstić information content (AvgIpc) is 1.89. The smallest absolute Gasteiger partial charge is 0.327 e. The fraction of sp³-hybridized carbons (Fsp3) is 0. The van der Waals surface area contributed by atoms with Gasteiger partial charge in [-0.1, -0.05) is 13.2 Å². The highest BCUT2D eigenvalue weighted by molar-refractivity contribution is 5.78. The number of carbonyl (C=O) groups is 2. The molecule has 0 saturated heterocycles. The molecule has 0 unspecified atom stereocenters. The third kappa shape index (κ3) is 53.8. The fourth-order valence-corrected chi connectivity index (χ4v) is 0. The van der Waals surface area contributed by atoms with Gasteiger partial charge in [-0.25, -0.2) is 4.79 Å². The molecule has 0 aromatic rings. The number of carboxylic acids is 1. The highest BCUT2D eigenvalue weighted by Crippen LogP contribution is 1.54. The summed E-state index contributed by atoms with van der Waals surface area (Å²) in [4.78, 5) is 18.3. The summed E-state index contributed by atoms with van der Waals surface area (Å²) in [6, 6.07) is 0. The Bertz CT molecular complexity index is 109. The Labute approximate surface area is 53.3 Å². The summed E-state index contributed by atoms with van der Waals surface area (Å²) < 4.78 is 0. The van der Waals surface area contributed by atoms with Crippen molar-refractivity contribution in [3.63, 3.8) is 0 Å². The van der Waals surface area contributed by atoms with Crippen LogP contribution < -0.4 is 0 Å². The second-order valence-electron chi connectivity index (χ2n) is 0.914. The molecular weight excluding hydrogens is 120 g/mol. The van der Waals surface area contributed by atoms with Gasteiger partial charge >= 0.3 is 5.97 Å². The molecule has 0 rings (SSSR count). The number of aldehydes is 1. The van der Waals surface area contributed by atoms with E-state index in [4.69, 9.17) is 9.90 Å². The van der Waals surface area contributed by atoms with Crippen molar-refractivity contribution >= 4 is 12.3 Å². The predicted molar refractivity (Wildman–Crippen MR) is 34.1 cm³/mol. The first-order valence-electron chi connectivity index (χ1n) is 2.10. The second-order valence-corrected chi connectivity index (χ2v) is 0.914. The number of rotatable bonds is 2. The van der Waals surface area contributed by atoms with Gasteiger partial charge in [-0.3, -0.25) is 4.79 Å². The second kappa shape index (κ2) is 9.80. The zero-order valence-electron chi connectivity index (χ0n) is 4.91. The van der Waals surface area contributed by atoms with Gasteiger partial charge in [-0.15, -0.1) is 0 Å². The van der Waals surface area contributed by atoms with Gasteiger partial charge in [0.15, 0.2) is 0 Å². The molecule has 3 nitrogen and oxygen atoms in total. The van der Waals surface area contributed by atoms with Crippen LogP contribution >= 0.6 is 0 Å². The van der Waals surface area contributed by atoms with Crippen LogP contribution in [0.1, 0.15) is 0 Å². The molecule has 0 atom stereocenters. The molecule has 0 aliphatic carbocycles. The zero-order chi connectivity index (χ0) is 7.70. The lowest BCUT2D eigenvalue weighted by Crippen LogP contribution is -1.82. The first kappa shape index (κ1) is 10.6. The molecule has 0 fully saturated rings. The van der Waals surface area contributed by atoms with E-state index in [9.17, 15) is 4.79 Å². The lowest BCUT2D eigenvalue weighted by Gasteiger charge is -1.64. The molecule has 0 bridgehead atoms. The van der Waals surface area contributed by atoms with E-state index >= 15 is 0 Å². The first-order chi connectivity index (χ1) is 4.18. The normalized spacial score (nSPS) is 5.78. The molecule has 50 valence electrons. The van der Waals surface area contributed by atoms with Gasteiger partial charge in [0.1, 0.15) is 6.29 Å². The minimum Gasteiger partial charge on any atom is -0.478 e. The van der Waals surface area contributed by atoms with Crippen molar-refractivity contribution in [3.05, 3.63) is 25.3 Å². The molecule has 3 heteroatoms. The van der Waals surface area contributed by atoms with E-state index in [1.807, 2.05) is 0 Å². The van der Waals surface area contributed by atoms with Gasteiger partial charge in [0.2, 0.25) is 0 Å². The van der Waals surface area contributed by atoms with Crippen LogP contribution in [0.4, 0.5) is 0 Å². The summed E-state index contributed by atoms with van der Waals surface area (Å²) in [5.41, 5.74) is 0. The number of carboxylic acid groups (broad SMARTS) is 1. The van der Waals surface area contributed by atoms with Crippen LogP contribution in [0.25, 0.3) is 0 Å². The van der Waals surface area contributed by atoms with Crippen molar-refractivity contribution in [2.24, 2.45) is 0 Å². The van der Waals surface area contributed by atoms with Gasteiger partial charge in [-0.2, -0.15) is 0 Å². The maximum Gasteiger partial charge on any atom is 0.327 e. The quantitative estimate of drug-likeness (QED) is 0.438. The maximum absolute atomic E-state index is 9.25. The van der Waals surface area contributed by atoms with E-state index in [1.54, 1.807) is 0 Å². The van der Waals surface area contributed by atoms with Crippen LogP contribution in [0.2, 0.25) is 0 Å². The van der Waals surface area contributed by atoms with E-state index in [2.05, 4.69) is 13.2 Å². The molecule has 1 N–H and O–H groups in total. The minimum absolute atomic E-state index is 0.639. The fourth-order valence-electron chi connectivity index (χ4n) is 0. The van der Waals surface area contributed by atoms with Crippen molar-refractivity contribution in [3.8, 4) is 0 Å². The summed E-state index contributed by atoms with van der Waals surface area (Å²) in [5.74, 6) is -0.981. The molecule has 0 aromatic heterocycles. The van der Waals surface area contributed by atoms with Crippen molar-refractivity contribution in [1.82, 2.24) is 0 Å². The van der Waals surface area contributed by atoms with E-state index in [0.717, 1.165) is 6.08 Å². The van der Waals surface area contributed by atoms with Crippen molar-refractivity contribution in [2.45, 2.75) is 0 Å². The first-order valence-corrected chi connectivity index (χ1v) is 2.10. The standard InChI is InChI=1S/C3H4O2.C3H4O/c1-2-3(4)5;1-2-3-4/h2H,1H2,(H,4,5);2-3H,1H2. The largest absolute Gasteiger partial charge is 0.478 e. The Balaban J connectivity index is 0. The van der Waals surface area contributed by atoms with E-state index in [-0.39, 0.29) is 0 Å². The molecule has 0 amide bonds.